The van der Waals surface area contributed by atoms with Gasteiger partial charge in [-0.05, 0) is 12.0 Å². The number of hydrogen-bond donors (Lipinski definition) is 1. The summed E-state index contributed by atoms with van der Waals surface area (Å²) in [5, 5.41) is 0. The first-order valence-electron chi connectivity index (χ1n) is 7.04. The van der Waals surface area contributed by atoms with E-state index in [0.29, 0.717) is 35.3 Å². The lowest BCUT2D eigenvalue weighted by Crippen LogP contribution is -2.19. The highest BCUT2D eigenvalue weighted by Crippen LogP contribution is 2.19. The molecule has 3 aromatic heterocycles. The number of rotatable bonds is 4. The topological polar surface area (TPSA) is 85.7 Å². The maximum atomic E-state index is 12.0. The second kappa shape index (κ2) is 5.59. The van der Waals surface area contributed by atoms with Crippen molar-refractivity contribution >= 4 is 11.3 Å². The van der Waals surface area contributed by atoms with Crippen LogP contribution in [0.2, 0.25) is 0 Å². The molecular formula is C15H17N5O2. The van der Waals surface area contributed by atoms with Gasteiger partial charge in [0.15, 0.2) is 11.3 Å². The molecule has 0 aromatic carbocycles. The standard InChI is InChI=1S/C15H17N5O2/c1-9(2)8-20-14-13(19-15(20)21)18-11(7-17-14)10-4-5-12(22-3)16-6-10/h4-7,9H,8H2,1-3H3,(H,18,19,21). The molecule has 0 bridgehead atoms. The van der Waals surface area contributed by atoms with Crippen molar-refractivity contribution in [2.24, 2.45) is 5.92 Å². The van der Waals surface area contributed by atoms with Crippen LogP contribution in [0.25, 0.3) is 22.6 Å². The summed E-state index contributed by atoms with van der Waals surface area (Å²) in [4.78, 5) is 27.8. The smallest absolute Gasteiger partial charge is 0.328 e. The van der Waals surface area contributed by atoms with Crippen LogP contribution in [0.5, 0.6) is 5.88 Å². The van der Waals surface area contributed by atoms with Crippen LogP contribution in [0.1, 0.15) is 13.8 Å². The first kappa shape index (κ1) is 14.2. The number of methoxy groups -OCH3 is 1. The zero-order chi connectivity index (χ0) is 15.7. The minimum Gasteiger partial charge on any atom is -0.481 e. The lowest BCUT2D eigenvalue weighted by atomic mass is 10.2. The van der Waals surface area contributed by atoms with E-state index < -0.39 is 0 Å². The van der Waals surface area contributed by atoms with Gasteiger partial charge >= 0.3 is 5.69 Å². The molecule has 114 valence electrons. The zero-order valence-corrected chi connectivity index (χ0v) is 12.7. The van der Waals surface area contributed by atoms with Gasteiger partial charge in [0.1, 0.15) is 0 Å². The Balaban J connectivity index is 2.04. The fraction of sp³-hybridized carbons (Fsp3) is 0.333. The van der Waals surface area contributed by atoms with Gasteiger partial charge in [-0.2, -0.15) is 0 Å². The summed E-state index contributed by atoms with van der Waals surface area (Å²) in [6.45, 7) is 4.71. The number of ether oxygens (including phenoxy) is 1. The molecule has 0 unspecified atom stereocenters. The lowest BCUT2D eigenvalue weighted by molar-refractivity contribution is 0.398. The molecule has 0 aliphatic rings. The van der Waals surface area contributed by atoms with Gasteiger partial charge < -0.3 is 4.74 Å². The van der Waals surface area contributed by atoms with Crippen LogP contribution < -0.4 is 10.4 Å². The SMILES string of the molecule is COc1ccc(-c2cnc3c(n2)[nH]c(=O)n3CC(C)C)cn1. The number of aromatic amines is 1. The van der Waals surface area contributed by atoms with Crippen molar-refractivity contribution in [1.29, 1.82) is 0 Å². The highest BCUT2D eigenvalue weighted by molar-refractivity contribution is 5.70. The molecule has 0 aliphatic carbocycles. The highest BCUT2D eigenvalue weighted by Gasteiger charge is 2.12. The predicted octanol–water partition coefficient (Wildman–Crippen LogP) is 1.85. The molecule has 0 fully saturated rings. The van der Waals surface area contributed by atoms with E-state index in [0.717, 1.165) is 5.56 Å². The molecule has 22 heavy (non-hydrogen) atoms. The minimum absolute atomic E-state index is 0.186. The molecule has 0 saturated carbocycles. The molecule has 0 radical (unpaired) electrons. The third kappa shape index (κ3) is 2.57. The molecule has 3 heterocycles. The average molecular weight is 299 g/mol. The van der Waals surface area contributed by atoms with Gasteiger partial charge in [0.2, 0.25) is 5.88 Å². The van der Waals surface area contributed by atoms with Crippen molar-refractivity contribution in [3.63, 3.8) is 0 Å². The maximum Gasteiger partial charge on any atom is 0.328 e. The van der Waals surface area contributed by atoms with Gasteiger partial charge in [-0.15, -0.1) is 0 Å². The Bertz CT molecular complexity index is 848. The second-order valence-electron chi connectivity index (χ2n) is 5.45. The van der Waals surface area contributed by atoms with Crippen LogP contribution in [0.3, 0.4) is 0 Å². The van der Waals surface area contributed by atoms with E-state index in [1.54, 1.807) is 30.1 Å². The second-order valence-corrected chi connectivity index (χ2v) is 5.45. The van der Waals surface area contributed by atoms with Gasteiger partial charge in [-0.3, -0.25) is 9.55 Å². The number of fused-ring (bicyclic) bond motifs is 1. The van der Waals surface area contributed by atoms with Crippen molar-refractivity contribution in [1.82, 2.24) is 24.5 Å². The van der Waals surface area contributed by atoms with E-state index in [-0.39, 0.29) is 5.69 Å². The molecule has 3 rings (SSSR count). The van der Waals surface area contributed by atoms with E-state index in [2.05, 4.69) is 33.8 Å². The van der Waals surface area contributed by atoms with Gasteiger partial charge in [-0.1, -0.05) is 13.8 Å². The Kier molecular flexibility index (Phi) is 3.62. The summed E-state index contributed by atoms with van der Waals surface area (Å²) in [6, 6.07) is 3.61. The number of imidazole rings is 1. The third-order valence-corrected chi connectivity index (χ3v) is 3.27. The van der Waals surface area contributed by atoms with Crippen LogP contribution >= 0.6 is 0 Å². The normalized spacial score (nSPS) is 11.3. The van der Waals surface area contributed by atoms with E-state index in [1.807, 2.05) is 6.07 Å². The van der Waals surface area contributed by atoms with Gasteiger partial charge in [0.05, 0.1) is 19.0 Å². The highest BCUT2D eigenvalue weighted by atomic mass is 16.5. The maximum absolute atomic E-state index is 12.0. The van der Waals surface area contributed by atoms with Crippen molar-refractivity contribution in [3.8, 4) is 17.1 Å². The van der Waals surface area contributed by atoms with Gasteiger partial charge in [0.25, 0.3) is 0 Å². The van der Waals surface area contributed by atoms with Crippen LogP contribution in [0.15, 0.2) is 29.3 Å². The summed E-state index contributed by atoms with van der Waals surface area (Å²) >= 11 is 0. The summed E-state index contributed by atoms with van der Waals surface area (Å²) in [7, 11) is 1.57. The molecule has 1 N–H and O–H groups in total. The molecule has 0 amide bonds. The Morgan fingerprint density at radius 2 is 2.09 bits per heavy atom. The Hall–Kier alpha value is -2.70. The summed E-state index contributed by atoms with van der Waals surface area (Å²) in [5.41, 5.74) is 2.34. The summed E-state index contributed by atoms with van der Waals surface area (Å²) in [6.07, 6.45) is 3.31. The number of nitrogens with zero attached hydrogens (tertiary/aromatic N) is 4. The zero-order valence-electron chi connectivity index (χ0n) is 12.7. The van der Waals surface area contributed by atoms with Gasteiger partial charge in [-0.25, -0.2) is 19.7 Å². The largest absolute Gasteiger partial charge is 0.481 e. The van der Waals surface area contributed by atoms with Crippen LogP contribution in [0, 0.1) is 5.92 Å². The lowest BCUT2D eigenvalue weighted by Gasteiger charge is -2.05. The first-order valence-corrected chi connectivity index (χ1v) is 7.04. The van der Waals surface area contributed by atoms with Gasteiger partial charge in [0, 0.05) is 24.4 Å². The molecule has 0 aliphatic heterocycles. The fourth-order valence-electron chi connectivity index (χ4n) is 2.26. The van der Waals surface area contributed by atoms with Crippen molar-refractivity contribution in [2.45, 2.75) is 20.4 Å². The molecule has 7 nitrogen and oxygen atoms in total. The minimum atomic E-state index is -0.186. The fourth-order valence-corrected chi connectivity index (χ4v) is 2.26. The quantitative estimate of drug-likeness (QED) is 0.794. The molecular weight excluding hydrogens is 282 g/mol. The van der Waals surface area contributed by atoms with E-state index in [4.69, 9.17) is 4.74 Å². The van der Waals surface area contributed by atoms with Crippen LogP contribution in [-0.2, 0) is 6.54 Å². The number of hydrogen-bond acceptors (Lipinski definition) is 5. The number of nitrogens with one attached hydrogen (secondary N) is 1. The predicted molar refractivity (Wildman–Crippen MR) is 82.8 cm³/mol. The van der Waals surface area contributed by atoms with E-state index in [1.165, 1.54) is 0 Å². The van der Waals surface area contributed by atoms with Crippen LogP contribution in [0.4, 0.5) is 0 Å². The summed E-state index contributed by atoms with van der Waals surface area (Å²) in [5.74, 6) is 0.887. The van der Waals surface area contributed by atoms with E-state index in [9.17, 15) is 4.79 Å². The molecule has 0 spiro atoms. The third-order valence-electron chi connectivity index (χ3n) is 3.27. The number of H-pyrrole nitrogens is 1. The Morgan fingerprint density at radius 1 is 1.27 bits per heavy atom. The molecule has 0 saturated heterocycles. The van der Waals surface area contributed by atoms with E-state index >= 15 is 0 Å². The summed E-state index contributed by atoms with van der Waals surface area (Å²) < 4.78 is 6.65. The molecule has 7 heteroatoms. The Labute approximate surface area is 127 Å². The monoisotopic (exact) mass is 299 g/mol. The van der Waals surface area contributed by atoms with Crippen molar-refractivity contribution < 1.29 is 4.74 Å². The number of aromatic nitrogens is 5. The Morgan fingerprint density at radius 3 is 2.73 bits per heavy atom. The number of pyridine rings is 1. The molecule has 3 aromatic rings. The average Bonchev–Trinajstić information content (AvgIpc) is 2.82. The molecule has 0 atom stereocenters. The van der Waals surface area contributed by atoms with Crippen molar-refractivity contribution in [2.75, 3.05) is 7.11 Å². The first-order chi connectivity index (χ1) is 10.6. The van der Waals surface area contributed by atoms with Crippen LogP contribution in [-0.4, -0.2) is 31.6 Å². The van der Waals surface area contributed by atoms with Crippen molar-refractivity contribution in [3.05, 3.63) is 35.0 Å².